The van der Waals surface area contributed by atoms with E-state index in [1.54, 1.807) is 12.3 Å². The van der Waals surface area contributed by atoms with Crippen LogP contribution in [-0.4, -0.2) is 45.8 Å². The molecule has 184 valence electrons. The van der Waals surface area contributed by atoms with Gasteiger partial charge in [0.2, 0.25) is 5.95 Å². The summed E-state index contributed by atoms with van der Waals surface area (Å²) in [4.78, 5) is 17.0. The summed E-state index contributed by atoms with van der Waals surface area (Å²) in [5.74, 6) is 1.76. The summed E-state index contributed by atoms with van der Waals surface area (Å²) in [6.45, 7) is 11.6. The van der Waals surface area contributed by atoms with Crippen LogP contribution >= 0.6 is 0 Å². The van der Waals surface area contributed by atoms with Crippen molar-refractivity contribution in [1.29, 1.82) is 0 Å². The Kier molecular flexibility index (Phi) is 6.70. The van der Waals surface area contributed by atoms with Gasteiger partial charge in [0, 0.05) is 36.8 Å². The van der Waals surface area contributed by atoms with E-state index < -0.39 is 15.9 Å². The lowest BCUT2D eigenvalue weighted by atomic mass is 10.00. The van der Waals surface area contributed by atoms with E-state index in [1.165, 1.54) is 6.26 Å². The molecule has 1 aliphatic heterocycles. The van der Waals surface area contributed by atoms with Gasteiger partial charge in [-0.1, -0.05) is 34.1 Å². The van der Waals surface area contributed by atoms with Crippen LogP contribution in [0.4, 0.5) is 5.95 Å². The third-order valence-electron chi connectivity index (χ3n) is 6.72. The zero-order valence-corrected chi connectivity index (χ0v) is 21.7. The van der Waals surface area contributed by atoms with Crippen molar-refractivity contribution in [2.75, 3.05) is 17.7 Å². The fraction of sp³-hybridized carbons (Fsp3) is 0.560. The molecule has 3 heterocycles. The number of nitrogens with zero attached hydrogens (tertiary/aromatic N) is 5. The second-order valence-electron chi connectivity index (χ2n) is 9.59. The summed E-state index contributed by atoms with van der Waals surface area (Å²) in [5, 5.41) is 10.4. The van der Waals surface area contributed by atoms with Crippen LogP contribution in [0.2, 0.25) is 0 Å². The monoisotopic (exact) mass is 485 g/mol. The average Bonchev–Trinajstić information content (AvgIpc) is 3.14. The molecule has 4 rings (SSSR count). The third kappa shape index (κ3) is 4.31. The molecule has 1 unspecified atom stereocenters. The Morgan fingerprint density at radius 3 is 2.50 bits per heavy atom. The summed E-state index contributed by atoms with van der Waals surface area (Å²) < 4.78 is 27.0. The van der Waals surface area contributed by atoms with Crippen LogP contribution in [-0.2, 0) is 22.8 Å². The van der Waals surface area contributed by atoms with Gasteiger partial charge in [-0.15, -0.1) is 0 Å². The fourth-order valence-electron chi connectivity index (χ4n) is 5.02. The minimum absolute atomic E-state index is 0.0567. The number of aliphatic hydroxyl groups excluding tert-OH is 1. The maximum Gasteiger partial charge on any atom is 0.226 e. The van der Waals surface area contributed by atoms with E-state index in [2.05, 4.69) is 28.3 Å². The van der Waals surface area contributed by atoms with Gasteiger partial charge in [-0.05, 0) is 43.4 Å². The SMILES string of the molecule is CCCC(O)c1cnc(N2CCn3c(nc4cc(CC)c(S(C)(=O)=O)cc43)[C@H]2C(C)C)nc1C. The lowest BCUT2D eigenvalue weighted by Gasteiger charge is -2.38. The minimum Gasteiger partial charge on any atom is -0.388 e. The van der Waals surface area contributed by atoms with E-state index >= 15 is 0 Å². The van der Waals surface area contributed by atoms with Crippen LogP contribution in [0.3, 0.4) is 0 Å². The van der Waals surface area contributed by atoms with Crippen molar-refractivity contribution in [2.24, 2.45) is 5.92 Å². The molecule has 34 heavy (non-hydrogen) atoms. The number of aryl methyl sites for hydroxylation is 2. The number of rotatable bonds is 7. The highest BCUT2D eigenvalue weighted by molar-refractivity contribution is 7.90. The van der Waals surface area contributed by atoms with Crippen molar-refractivity contribution in [3.63, 3.8) is 0 Å². The maximum absolute atomic E-state index is 12.4. The van der Waals surface area contributed by atoms with Gasteiger partial charge in [0.05, 0.1) is 28.1 Å². The molecule has 0 fully saturated rings. The molecule has 2 aromatic heterocycles. The Balaban J connectivity index is 1.80. The standard InChI is InChI=1S/C25H35N5O3S/c1-7-9-21(31)18-14-26-25(27-16(18)5)30-11-10-29-20-13-22(34(6,32)33)17(8-2)12-19(20)28-24(29)23(30)15(3)4/h12-15,21,23,31H,7-11H2,1-6H3/t21?,23-/m1/s1. The molecule has 2 atom stereocenters. The van der Waals surface area contributed by atoms with Crippen molar-refractivity contribution in [1.82, 2.24) is 19.5 Å². The smallest absolute Gasteiger partial charge is 0.226 e. The fourth-order valence-corrected chi connectivity index (χ4v) is 6.03. The first kappa shape index (κ1) is 24.6. The highest BCUT2D eigenvalue weighted by atomic mass is 32.2. The lowest BCUT2D eigenvalue weighted by Crippen LogP contribution is -2.42. The van der Waals surface area contributed by atoms with Gasteiger partial charge in [0.25, 0.3) is 0 Å². The van der Waals surface area contributed by atoms with Gasteiger partial charge in [0.1, 0.15) is 5.82 Å². The summed E-state index contributed by atoms with van der Waals surface area (Å²) in [6, 6.07) is 3.65. The number of fused-ring (bicyclic) bond motifs is 3. The topological polar surface area (TPSA) is 101 Å². The highest BCUT2D eigenvalue weighted by Gasteiger charge is 2.35. The number of aliphatic hydroxyl groups is 1. The molecule has 0 radical (unpaired) electrons. The molecule has 0 saturated carbocycles. The first-order valence-electron chi connectivity index (χ1n) is 12.1. The number of benzene rings is 1. The molecular formula is C25H35N5O3S. The van der Waals surface area contributed by atoms with Crippen LogP contribution in [0.1, 0.15) is 75.3 Å². The summed E-state index contributed by atoms with van der Waals surface area (Å²) >= 11 is 0. The first-order chi connectivity index (χ1) is 16.1. The first-order valence-corrected chi connectivity index (χ1v) is 14.0. The molecule has 0 aliphatic carbocycles. The Hall–Kier alpha value is -2.52. The second kappa shape index (κ2) is 9.26. The molecule has 1 N–H and O–H groups in total. The maximum atomic E-state index is 12.4. The molecule has 9 heteroatoms. The summed E-state index contributed by atoms with van der Waals surface area (Å²) in [6.07, 6.45) is 4.66. The van der Waals surface area contributed by atoms with E-state index in [0.29, 0.717) is 36.8 Å². The van der Waals surface area contributed by atoms with Crippen molar-refractivity contribution < 1.29 is 13.5 Å². The molecule has 0 spiro atoms. The molecule has 0 amide bonds. The second-order valence-corrected chi connectivity index (χ2v) is 11.6. The van der Waals surface area contributed by atoms with Crippen molar-refractivity contribution in [3.8, 4) is 0 Å². The van der Waals surface area contributed by atoms with Crippen LogP contribution in [0.25, 0.3) is 11.0 Å². The Morgan fingerprint density at radius 2 is 1.91 bits per heavy atom. The molecular weight excluding hydrogens is 450 g/mol. The summed E-state index contributed by atoms with van der Waals surface area (Å²) in [7, 11) is -3.34. The van der Waals surface area contributed by atoms with Gasteiger partial charge < -0.3 is 14.6 Å². The molecule has 0 saturated heterocycles. The van der Waals surface area contributed by atoms with E-state index in [9.17, 15) is 13.5 Å². The normalized spacial score (nSPS) is 17.4. The van der Waals surface area contributed by atoms with Crippen molar-refractivity contribution in [3.05, 3.63) is 41.0 Å². The average molecular weight is 486 g/mol. The van der Waals surface area contributed by atoms with E-state index in [4.69, 9.17) is 9.97 Å². The van der Waals surface area contributed by atoms with Gasteiger partial charge in [-0.2, -0.15) is 0 Å². The minimum atomic E-state index is -3.34. The largest absolute Gasteiger partial charge is 0.388 e. The third-order valence-corrected chi connectivity index (χ3v) is 7.90. The van der Waals surface area contributed by atoms with Crippen LogP contribution < -0.4 is 4.90 Å². The number of hydrogen-bond acceptors (Lipinski definition) is 7. The molecule has 0 bridgehead atoms. The highest BCUT2D eigenvalue weighted by Crippen LogP contribution is 2.37. The number of hydrogen-bond donors (Lipinski definition) is 1. The summed E-state index contributed by atoms with van der Waals surface area (Å²) in [5.41, 5.74) is 4.03. The van der Waals surface area contributed by atoms with Crippen molar-refractivity contribution >= 4 is 26.8 Å². The molecule has 3 aromatic rings. The van der Waals surface area contributed by atoms with Crippen LogP contribution in [0, 0.1) is 12.8 Å². The predicted octanol–water partition coefficient (Wildman–Crippen LogP) is 4.15. The molecule has 1 aliphatic rings. The Bertz CT molecular complexity index is 1320. The number of sulfone groups is 1. The zero-order chi connectivity index (χ0) is 24.8. The molecule has 1 aromatic carbocycles. The Morgan fingerprint density at radius 1 is 1.18 bits per heavy atom. The van der Waals surface area contributed by atoms with Gasteiger partial charge in [0.15, 0.2) is 9.84 Å². The molecule has 8 nitrogen and oxygen atoms in total. The van der Waals surface area contributed by atoms with Gasteiger partial charge in [-0.3, -0.25) is 0 Å². The van der Waals surface area contributed by atoms with Crippen LogP contribution in [0.15, 0.2) is 23.2 Å². The number of aromatic nitrogens is 4. The van der Waals surface area contributed by atoms with Crippen LogP contribution in [0.5, 0.6) is 0 Å². The zero-order valence-electron chi connectivity index (χ0n) is 20.9. The van der Waals surface area contributed by atoms with E-state index in [1.807, 2.05) is 26.8 Å². The number of imidazole rings is 1. The van der Waals surface area contributed by atoms with E-state index in [-0.39, 0.29) is 12.0 Å². The van der Waals surface area contributed by atoms with Gasteiger partial charge in [-0.25, -0.2) is 23.4 Å². The van der Waals surface area contributed by atoms with Crippen molar-refractivity contribution in [2.45, 2.75) is 77.5 Å². The number of anilines is 1. The van der Waals surface area contributed by atoms with E-state index in [0.717, 1.165) is 40.1 Å². The quantitative estimate of drug-likeness (QED) is 0.536. The van der Waals surface area contributed by atoms with Gasteiger partial charge >= 0.3 is 0 Å². The lowest BCUT2D eigenvalue weighted by molar-refractivity contribution is 0.165. The Labute approximate surface area is 202 Å². The predicted molar refractivity (Wildman–Crippen MR) is 134 cm³/mol.